The molecule has 0 unspecified atom stereocenters. The maximum Gasteiger partial charge on any atom is 0.224 e. The molecule has 0 spiro atoms. The minimum absolute atomic E-state index is 0.00673. The van der Waals surface area contributed by atoms with Crippen molar-refractivity contribution < 1.29 is 9.00 Å². The summed E-state index contributed by atoms with van der Waals surface area (Å²) in [7, 11) is -0.919. The van der Waals surface area contributed by atoms with Crippen LogP contribution >= 0.6 is 11.3 Å². The first-order chi connectivity index (χ1) is 9.65. The lowest BCUT2D eigenvalue weighted by molar-refractivity contribution is -0.116. The van der Waals surface area contributed by atoms with E-state index < -0.39 is 10.8 Å². The van der Waals surface area contributed by atoms with Crippen molar-refractivity contribution in [2.75, 3.05) is 11.6 Å². The van der Waals surface area contributed by atoms with Crippen molar-refractivity contribution in [3.8, 4) is 0 Å². The Kier molecular flexibility index (Phi) is 5.49. The molecule has 0 radical (unpaired) electrons. The van der Waals surface area contributed by atoms with E-state index in [2.05, 4.69) is 5.32 Å². The summed E-state index contributed by atoms with van der Waals surface area (Å²) in [5.41, 5.74) is 1.68. The van der Waals surface area contributed by atoms with Crippen molar-refractivity contribution in [3.63, 3.8) is 0 Å². The van der Waals surface area contributed by atoms with Gasteiger partial charge in [-0.05, 0) is 29.5 Å². The zero-order valence-electron chi connectivity index (χ0n) is 11.3. The van der Waals surface area contributed by atoms with Crippen molar-refractivity contribution in [3.05, 3.63) is 52.2 Å². The first kappa shape index (κ1) is 14.9. The Morgan fingerprint density at radius 1 is 1.25 bits per heavy atom. The van der Waals surface area contributed by atoms with Crippen LogP contribution in [0.15, 0.2) is 41.8 Å². The molecule has 3 nitrogen and oxygen atoms in total. The Balaban J connectivity index is 1.95. The summed E-state index contributed by atoms with van der Waals surface area (Å²) in [6.45, 7) is 0. The fourth-order valence-corrected chi connectivity index (χ4v) is 3.29. The molecule has 2 aromatic rings. The lowest BCUT2D eigenvalue weighted by Crippen LogP contribution is -2.13. The number of nitrogens with one attached hydrogen (secondary N) is 1. The molecule has 0 bridgehead atoms. The third-order valence-corrected chi connectivity index (χ3v) is 4.48. The molecule has 1 aromatic heterocycles. The van der Waals surface area contributed by atoms with Crippen molar-refractivity contribution in [1.82, 2.24) is 0 Å². The average molecular weight is 307 g/mol. The van der Waals surface area contributed by atoms with Crippen molar-refractivity contribution in [2.24, 2.45) is 0 Å². The number of anilines is 1. The van der Waals surface area contributed by atoms with Crippen molar-refractivity contribution in [1.29, 1.82) is 0 Å². The van der Waals surface area contributed by atoms with Crippen LogP contribution in [0.25, 0.3) is 0 Å². The number of aryl methyl sites for hydroxylation is 1. The van der Waals surface area contributed by atoms with Crippen LogP contribution in [0.4, 0.5) is 5.69 Å². The fraction of sp³-hybridized carbons (Fsp3) is 0.267. The number of hydrogen-bond donors (Lipinski definition) is 1. The SMILES string of the molecule is C[S@](=O)Cc1ccccc1NC(=O)CCc1cccs1. The minimum Gasteiger partial charge on any atom is -0.326 e. The van der Waals surface area contributed by atoms with Gasteiger partial charge in [-0.1, -0.05) is 24.3 Å². The van der Waals surface area contributed by atoms with E-state index in [1.807, 2.05) is 41.8 Å². The van der Waals surface area contributed by atoms with Gasteiger partial charge in [0.25, 0.3) is 0 Å². The van der Waals surface area contributed by atoms with Gasteiger partial charge in [-0.2, -0.15) is 0 Å². The number of amides is 1. The van der Waals surface area contributed by atoms with E-state index >= 15 is 0 Å². The van der Waals surface area contributed by atoms with E-state index in [-0.39, 0.29) is 5.91 Å². The van der Waals surface area contributed by atoms with E-state index in [0.717, 1.165) is 17.7 Å². The molecule has 0 saturated carbocycles. The Bertz CT molecular complexity index is 594. The predicted octanol–water partition coefficient (Wildman–Crippen LogP) is 3.20. The van der Waals surface area contributed by atoms with Crippen LogP contribution in [0.5, 0.6) is 0 Å². The molecule has 20 heavy (non-hydrogen) atoms. The Morgan fingerprint density at radius 2 is 2.05 bits per heavy atom. The second kappa shape index (κ2) is 7.36. The van der Waals surface area contributed by atoms with Gasteiger partial charge in [0, 0.05) is 34.0 Å². The molecule has 5 heteroatoms. The largest absolute Gasteiger partial charge is 0.326 e. The highest BCUT2D eigenvalue weighted by Gasteiger charge is 2.08. The number of hydrogen-bond acceptors (Lipinski definition) is 3. The Labute approximate surface area is 125 Å². The maximum atomic E-state index is 12.0. The van der Waals surface area contributed by atoms with E-state index in [0.29, 0.717) is 12.2 Å². The first-order valence-corrected chi connectivity index (χ1v) is 8.96. The third kappa shape index (κ3) is 4.58. The van der Waals surface area contributed by atoms with Crippen LogP contribution in [-0.2, 0) is 27.8 Å². The molecule has 0 aliphatic carbocycles. The normalized spacial score (nSPS) is 12.1. The molecule has 0 aliphatic heterocycles. The van der Waals surface area contributed by atoms with Gasteiger partial charge in [0.15, 0.2) is 0 Å². The second-order valence-corrected chi connectivity index (χ2v) is 6.97. The summed E-state index contributed by atoms with van der Waals surface area (Å²) in [5.74, 6) is 0.453. The average Bonchev–Trinajstić information content (AvgIpc) is 2.91. The quantitative estimate of drug-likeness (QED) is 0.891. The molecule has 106 valence electrons. The fourth-order valence-electron chi connectivity index (χ4n) is 1.89. The molecule has 1 amide bonds. The molecule has 1 aromatic carbocycles. The third-order valence-electron chi connectivity index (χ3n) is 2.83. The van der Waals surface area contributed by atoms with Gasteiger partial charge in [0.2, 0.25) is 5.91 Å². The van der Waals surface area contributed by atoms with Crippen LogP contribution in [0.3, 0.4) is 0 Å². The number of carbonyl (C=O) groups excluding carboxylic acids is 1. The maximum absolute atomic E-state index is 12.0. The lowest BCUT2D eigenvalue weighted by Gasteiger charge is -2.09. The highest BCUT2D eigenvalue weighted by molar-refractivity contribution is 7.83. The van der Waals surface area contributed by atoms with E-state index in [9.17, 15) is 9.00 Å². The van der Waals surface area contributed by atoms with Gasteiger partial charge in [-0.3, -0.25) is 9.00 Å². The summed E-state index contributed by atoms with van der Waals surface area (Å²) in [4.78, 5) is 13.2. The van der Waals surface area contributed by atoms with Crippen LogP contribution in [0.2, 0.25) is 0 Å². The summed E-state index contributed by atoms with van der Waals surface area (Å²) in [6.07, 6.45) is 2.88. The van der Waals surface area contributed by atoms with Crippen LogP contribution in [-0.4, -0.2) is 16.4 Å². The van der Waals surface area contributed by atoms with Gasteiger partial charge in [0.05, 0.1) is 5.75 Å². The smallest absolute Gasteiger partial charge is 0.224 e. The number of rotatable bonds is 6. The van der Waals surface area contributed by atoms with E-state index in [1.54, 1.807) is 17.6 Å². The van der Waals surface area contributed by atoms with Crippen molar-refractivity contribution >= 4 is 33.7 Å². The van der Waals surface area contributed by atoms with Gasteiger partial charge < -0.3 is 5.32 Å². The van der Waals surface area contributed by atoms with Crippen LogP contribution < -0.4 is 5.32 Å². The number of carbonyl (C=O) groups is 1. The summed E-state index contributed by atoms with van der Waals surface area (Å²) in [5, 5.41) is 4.92. The Morgan fingerprint density at radius 3 is 2.75 bits per heavy atom. The zero-order chi connectivity index (χ0) is 14.4. The summed E-state index contributed by atoms with van der Waals surface area (Å²) < 4.78 is 11.3. The van der Waals surface area contributed by atoms with Gasteiger partial charge in [-0.15, -0.1) is 11.3 Å². The molecular weight excluding hydrogens is 290 g/mol. The van der Waals surface area contributed by atoms with E-state index in [1.165, 1.54) is 4.88 Å². The van der Waals surface area contributed by atoms with Crippen LogP contribution in [0, 0.1) is 0 Å². The Hall–Kier alpha value is -1.46. The topological polar surface area (TPSA) is 46.2 Å². The molecule has 0 saturated heterocycles. The van der Waals surface area contributed by atoms with Gasteiger partial charge in [-0.25, -0.2) is 0 Å². The van der Waals surface area contributed by atoms with Crippen LogP contribution in [0.1, 0.15) is 16.9 Å². The summed E-state index contributed by atoms with van der Waals surface area (Å²) >= 11 is 1.66. The first-order valence-electron chi connectivity index (χ1n) is 6.35. The van der Waals surface area contributed by atoms with Crippen molar-refractivity contribution in [2.45, 2.75) is 18.6 Å². The monoisotopic (exact) mass is 307 g/mol. The number of benzene rings is 1. The van der Waals surface area contributed by atoms with Gasteiger partial charge >= 0.3 is 0 Å². The highest BCUT2D eigenvalue weighted by Crippen LogP contribution is 2.17. The molecule has 1 heterocycles. The molecule has 0 aliphatic rings. The standard InChI is InChI=1S/C15H17NO2S2/c1-20(18)11-12-5-2-3-7-14(12)16-15(17)9-8-13-6-4-10-19-13/h2-7,10H,8-9,11H2,1H3,(H,16,17)/t20-/m0/s1. The minimum atomic E-state index is -0.919. The lowest BCUT2D eigenvalue weighted by atomic mass is 10.2. The highest BCUT2D eigenvalue weighted by atomic mass is 32.2. The number of para-hydroxylation sites is 1. The number of thiophene rings is 1. The summed E-state index contributed by atoms with van der Waals surface area (Å²) in [6, 6.07) is 11.5. The van der Waals surface area contributed by atoms with Gasteiger partial charge in [0.1, 0.15) is 0 Å². The predicted molar refractivity (Wildman–Crippen MR) is 85.5 cm³/mol. The van der Waals surface area contributed by atoms with E-state index in [4.69, 9.17) is 0 Å². The molecular formula is C15H17NO2S2. The second-order valence-electron chi connectivity index (χ2n) is 4.50. The molecule has 0 fully saturated rings. The molecule has 1 N–H and O–H groups in total. The molecule has 2 rings (SSSR count). The molecule has 1 atom stereocenters. The zero-order valence-corrected chi connectivity index (χ0v) is 12.9.